The predicted octanol–water partition coefficient (Wildman–Crippen LogP) is 1.84. The lowest BCUT2D eigenvalue weighted by Gasteiger charge is -1.99. The second kappa shape index (κ2) is 3.10. The zero-order valence-electron chi connectivity index (χ0n) is 6.97. The number of aromatic nitrogens is 2. The molecule has 0 aliphatic rings. The molecule has 2 heterocycles. The minimum Gasteiger partial charge on any atom is -0.346 e. The number of H-pyrrole nitrogens is 1. The van der Waals surface area contributed by atoms with Gasteiger partial charge in [0.1, 0.15) is 5.65 Å². The summed E-state index contributed by atoms with van der Waals surface area (Å²) in [4.78, 5) is 18.6. The Balaban J connectivity index is 2.97. The van der Waals surface area contributed by atoms with Crippen molar-refractivity contribution in [1.29, 1.82) is 0 Å². The van der Waals surface area contributed by atoms with Gasteiger partial charge < -0.3 is 4.98 Å². The van der Waals surface area contributed by atoms with Crippen molar-refractivity contribution >= 4 is 33.6 Å². The van der Waals surface area contributed by atoms with Gasteiger partial charge in [0.25, 0.3) is 0 Å². The van der Waals surface area contributed by atoms with Crippen molar-refractivity contribution in [2.24, 2.45) is 0 Å². The van der Waals surface area contributed by atoms with Crippen LogP contribution in [0.1, 0.15) is 5.69 Å². The van der Waals surface area contributed by atoms with Crippen LogP contribution in [0, 0.1) is 10.5 Å². The third-order valence-electron chi connectivity index (χ3n) is 1.87. The molecule has 2 rings (SSSR count). The Hall–Kier alpha value is -0.910. The van der Waals surface area contributed by atoms with E-state index in [1.54, 1.807) is 6.20 Å². The molecule has 0 amide bonds. The predicted molar refractivity (Wildman–Crippen MR) is 59.8 cm³/mol. The van der Waals surface area contributed by atoms with Gasteiger partial charge in [0.2, 0.25) is 0 Å². The van der Waals surface area contributed by atoms with Gasteiger partial charge in [-0.1, -0.05) is 0 Å². The quantitative estimate of drug-likeness (QED) is 0.751. The molecule has 0 aliphatic carbocycles. The monoisotopic (exact) mass is 286 g/mol. The highest BCUT2D eigenvalue weighted by Gasteiger charge is 2.02. The smallest absolute Gasteiger partial charge is 0.191 e. The van der Waals surface area contributed by atoms with Crippen LogP contribution in [0.25, 0.3) is 11.0 Å². The van der Waals surface area contributed by atoms with Crippen LogP contribution in [-0.2, 0) is 0 Å². The molecule has 0 atom stereocenters. The molecule has 0 bridgehead atoms. The molecule has 2 aromatic heterocycles. The Morgan fingerprint density at radius 3 is 3.08 bits per heavy atom. The number of aromatic amines is 1. The summed E-state index contributed by atoms with van der Waals surface area (Å²) in [5.41, 5.74) is 1.61. The van der Waals surface area contributed by atoms with E-state index >= 15 is 0 Å². The second-order valence-electron chi connectivity index (χ2n) is 2.79. The molecule has 66 valence electrons. The molecule has 0 saturated heterocycles. The number of nitrogens with zero attached hydrogens (tertiary/aromatic N) is 1. The fourth-order valence-electron chi connectivity index (χ4n) is 1.16. The van der Waals surface area contributed by atoms with Crippen molar-refractivity contribution in [2.75, 3.05) is 0 Å². The van der Waals surface area contributed by atoms with E-state index in [1.807, 2.05) is 13.0 Å². The lowest BCUT2D eigenvalue weighted by molar-refractivity contribution is 1.18. The molecule has 0 aliphatic heterocycles. The first-order valence-electron chi connectivity index (χ1n) is 3.83. The van der Waals surface area contributed by atoms with Gasteiger partial charge in [0, 0.05) is 15.8 Å². The summed E-state index contributed by atoms with van der Waals surface area (Å²) in [6.07, 6.45) is 1.62. The minimum absolute atomic E-state index is 0.0131. The van der Waals surface area contributed by atoms with Gasteiger partial charge >= 0.3 is 0 Å². The van der Waals surface area contributed by atoms with Crippen molar-refractivity contribution in [3.63, 3.8) is 0 Å². The third kappa shape index (κ3) is 1.46. The molecular formula is C9H7IN2O. The van der Waals surface area contributed by atoms with Crippen LogP contribution in [0.2, 0.25) is 0 Å². The Labute approximate surface area is 88.3 Å². The number of hydrogen-bond donors (Lipinski definition) is 1. The maximum atomic E-state index is 11.4. The van der Waals surface area contributed by atoms with E-state index in [-0.39, 0.29) is 5.43 Å². The van der Waals surface area contributed by atoms with E-state index in [0.29, 0.717) is 11.0 Å². The average Bonchev–Trinajstić information content (AvgIpc) is 2.09. The Kier molecular flexibility index (Phi) is 2.07. The number of nitrogens with one attached hydrogen (secondary N) is 1. The van der Waals surface area contributed by atoms with Gasteiger partial charge in [0.15, 0.2) is 5.43 Å². The number of fused-ring (bicyclic) bond motifs is 1. The molecule has 2 aromatic rings. The molecule has 0 fully saturated rings. The second-order valence-corrected chi connectivity index (χ2v) is 3.96. The van der Waals surface area contributed by atoms with Gasteiger partial charge in [-0.25, -0.2) is 4.98 Å². The van der Waals surface area contributed by atoms with Crippen LogP contribution in [0.3, 0.4) is 0 Å². The number of rotatable bonds is 0. The van der Waals surface area contributed by atoms with Crippen molar-refractivity contribution in [3.05, 3.63) is 37.8 Å². The van der Waals surface area contributed by atoms with Crippen LogP contribution >= 0.6 is 22.6 Å². The van der Waals surface area contributed by atoms with E-state index < -0.39 is 0 Å². The largest absolute Gasteiger partial charge is 0.346 e. The zero-order chi connectivity index (χ0) is 9.42. The first-order valence-corrected chi connectivity index (χ1v) is 4.91. The molecule has 3 nitrogen and oxygen atoms in total. The first kappa shape index (κ1) is 8.68. The molecule has 1 N–H and O–H groups in total. The van der Waals surface area contributed by atoms with Crippen LogP contribution in [0.15, 0.2) is 23.1 Å². The van der Waals surface area contributed by atoms with E-state index in [1.165, 1.54) is 6.07 Å². The van der Waals surface area contributed by atoms with Crippen molar-refractivity contribution in [2.45, 2.75) is 6.92 Å². The summed E-state index contributed by atoms with van der Waals surface area (Å²) in [6.45, 7) is 1.92. The Bertz CT molecular complexity index is 518. The highest BCUT2D eigenvalue weighted by Crippen LogP contribution is 2.13. The molecular weight excluding hydrogens is 279 g/mol. The van der Waals surface area contributed by atoms with Gasteiger partial charge in [-0.3, -0.25) is 4.79 Å². The lowest BCUT2D eigenvalue weighted by atomic mass is 10.2. The van der Waals surface area contributed by atoms with Crippen molar-refractivity contribution in [1.82, 2.24) is 9.97 Å². The summed E-state index contributed by atoms with van der Waals surface area (Å²) in [6, 6.07) is 3.37. The summed E-state index contributed by atoms with van der Waals surface area (Å²) in [7, 11) is 0. The normalized spacial score (nSPS) is 10.6. The van der Waals surface area contributed by atoms with Gasteiger partial charge in [0.05, 0.1) is 11.1 Å². The van der Waals surface area contributed by atoms with E-state index in [2.05, 4.69) is 32.6 Å². The van der Waals surface area contributed by atoms with Crippen LogP contribution in [-0.4, -0.2) is 9.97 Å². The van der Waals surface area contributed by atoms with Gasteiger partial charge in [-0.15, -0.1) is 0 Å². The molecule has 0 aromatic carbocycles. The van der Waals surface area contributed by atoms with Crippen LogP contribution in [0.5, 0.6) is 0 Å². The molecule has 4 heteroatoms. The molecule has 0 unspecified atom stereocenters. The topological polar surface area (TPSA) is 45.8 Å². The maximum Gasteiger partial charge on any atom is 0.191 e. The number of pyridine rings is 2. The molecule has 0 spiro atoms. The summed E-state index contributed by atoms with van der Waals surface area (Å²) in [5.74, 6) is 0. The highest BCUT2D eigenvalue weighted by molar-refractivity contribution is 14.1. The standard InChI is InChI=1S/C9H7IN2O/c1-5-7(10)4-6-8(13)2-3-11-9(6)12-5/h2-4H,1H3,(H,11,12,13). The number of hydrogen-bond acceptors (Lipinski definition) is 2. The lowest BCUT2D eigenvalue weighted by Crippen LogP contribution is -2.03. The zero-order valence-corrected chi connectivity index (χ0v) is 9.12. The Morgan fingerprint density at radius 1 is 1.54 bits per heavy atom. The average molecular weight is 286 g/mol. The SMILES string of the molecule is Cc1nc2[nH]ccc(=O)c2cc1I. The van der Waals surface area contributed by atoms with Crippen molar-refractivity contribution < 1.29 is 0 Å². The molecule has 0 saturated carbocycles. The summed E-state index contributed by atoms with van der Waals surface area (Å²) >= 11 is 2.17. The summed E-state index contributed by atoms with van der Waals surface area (Å²) in [5, 5.41) is 0.650. The molecule has 0 radical (unpaired) electrons. The summed E-state index contributed by atoms with van der Waals surface area (Å²) < 4.78 is 1.02. The van der Waals surface area contributed by atoms with E-state index in [4.69, 9.17) is 0 Å². The Morgan fingerprint density at radius 2 is 2.31 bits per heavy atom. The fourth-order valence-corrected chi connectivity index (χ4v) is 1.60. The first-order chi connectivity index (χ1) is 6.18. The van der Waals surface area contributed by atoms with Crippen LogP contribution in [0.4, 0.5) is 0 Å². The maximum absolute atomic E-state index is 11.4. The highest BCUT2D eigenvalue weighted by atomic mass is 127. The fraction of sp³-hybridized carbons (Fsp3) is 0.111. The van der Waals surface area contributed by atoms with E-state index in [9.17, 15) is 4.79 Å². The van der Waals surface area contributed by atoms with Gasteiger partial charge in [-0.2, -0.15) is 0 Å². The van der Waals surface area contributed by atoms with Gasteiger partial charge in [-0.05, 0) is 35.6 Å². The van der Waals surface area contributed by atoms with Crippen molar-refractivity contribution in [3.8, 4) is 0 Å². The van der Waals surface area contributed by atoms with E-state index in [0.717, 1.165) is 9.26 Å². The molecule has 13 heavy (non-hydrogen) atoms. The number of halogens is 1. The third-order valence-corrected chi connectivity index (χ3v) is 2.96. The minimum atomic E-state index is 0.0131. The number of aryl methyl sites for hydroxylation is 1. The van der Waals surface area contributed by atoms with Crippen LogP contribution < -0.4 is 5.43 Å².